The molecule has 0 radical (unpaired) electrons. The van der Waals surface area contributed by atoms with Gasteiger partial charge in [0.1, 0.15) is 0 Å². The molecule has 0 unspecified atom stereocenters. The van der Waals surface area contributed by atoms with E-state index in [1.54, 1.807) is 6.33 Å². The highest BCUT2D eigenvalue weighted by Crippen LogP contribution is 2.14. The predicted octanol–water partition coefficient (Wildman–Crippen LogP) is 1.31. The number of aromatic nitrogens is 2. The van der Waals surface area contributed by atoms with Gasteiger partial charge in [0.2, 0.25) is 0 Å². The maximum absolute atomic E-state index is 4.24. The van der Waals surface area contributed by atoms with Crippen molar-refractivity contribution in [3.63, 3.8) is 0 Å². The van der Waals surface area contributed by atoms with Gasteiger partial charge in [-0.3, -0.25) is 4.90 Å². The van der Waals surface area contributed by atoms with Crippen LogP contribution in [0.15, 0.2) is 24.5 Å². The van der Waals surface area contributed by atoms with E-state index < -0.39 is 0 Å². The molecule has 0 spiro atoms. The van der Waals surface area contributed by atoms with E-state index in [1.165, 1.54) is 18.7 Å². The van der Waals surface area contributed by atoms with Crippen molar-refractivity contribution in [2.75, 3.05) is 33.2 Å². The number of aromatic amines is 1. The molecule has 1 N–H and O–H groups in total. The molecule has 2 heterocycles. The Balaban J connectivity index is 1.71. The first-order valence-corrected chi connectivity index (χ1v) is 6.14. The molecule has 0 aliphatic carbocycles. The Morgan fingerprint density at radius 3 is 2.88 bits per heavy atom. The van der Waals surface area contributed by atoms with Crippen LogP contribution in [-0.4, -0.2) is 53.0 Å². The van der Waals surface area contributed by atoms with Crippen LogP contribution in [0.4, 0.5) is 0 Å². The summed E-state index contributed by atoms with van der Waals surface area (Å²) in [5.41, 5.74) is 3.55. The van der Waals surface area contributed by atoms with Crippen molar-refractivity contribution in [1.82, 2.24) is 19.8 Å². The minimum Gasteiger partial charge on any atom is -0.345 e. The highest BCUT2D eigenvalue weighted by Gasteiger charge is 2.13. The largest absolute Gasteiger partial charge is 0.345 e. The number of rotatable bonds is 2. The van der Waals surface area contributed by atoms with Gasteiger partial charge in [0, 0.05) is 32.7 Å². The number of imidazole rings is 1. The van der Waals surface area contributed by atoms with Crippen LogP contribution in [0.2, 0.25) is 0 Å². The molecule has 90 valence electrons. The van der Waals surface area contributed by atoms with Crippen LogP contribution in [0.1, 0.15) is 5.56 Å². The van der Waals surface area contributed by atoms with Gasteiger partial charge in [-0.25, -0.2) is 4.98 Å². The van der Waals surface area contributed by atoms with E-state index in [1.807, 2.05) is 0 Å². The third kappa shape index (κ3) is 2.33. The zero-order valence-corrected chi connectivity index (χ0v) is 10.2. The standard InChI is InChI=1S/C13H18N4/c1-16-4-6-17(7-5-16)9-11-2-3-12-13(8-11)15-10-14-12/h2-3,8,10H,4-7,9H2,1H3,(H,14,15). The lowest BCUT2D eigenvalue weighted by molar-refractivity contribution is 0.148. The van der Waals surface area contributed by atoms with Gasteiger partial charge >= 0.3 is 0 Å². The molecule has 0 atom stereocenters. The third-order valence-corrected chi connectivity index (χ3v) is 3.49. The van der Waals surface area contributed by atoms with E-state index >= 15 is 0 Å². The molecular formula is C13H18N4. The summed E-state index contributed by atoms with van der Waals surface area (Å²) in [6.45, 7) is 5.72. The van der Waals surface area contributed by atoms with Gasteiger partial charge in [-0.15, -0.1) is 0 Å². The maximum Gasteiger partial charge on any atom is 0.0931 e. The minimum atomic E-state index is 1.04. The number of hydrogen-bond acceptors (Lipinski definition) is 3. The summed E-state index contributed by atoms with van der Waals surface area (Å²) in [5.74, 6) is 0. The summed E-state index contributed by atoms with van der Waals surface area (Å²) in [6, 6.07) is 6.49. The number of hydrogen-bond donors (Lipinski definition) is 1. The normalized spacial score (nSPS) is 18.9. The molecule has 3 rings (SSSR count). The van der Waals surface area contributed by atoms with E-state index in [0.29, 0.717) is 0 Å². The van der Waals surface area contributed by atoms with Crippen molar-refractivity contribution in [1.29, 1.82) is 0 Å². The van der Waals surface area contributed by atoms with E-state index in [4.69, 9.17) is 0 Å². The van der Waals surface area contributed by atoms with Crippen LogP contribution in [0.25, 0.3) is 11.0 Å². The Bertz CT molecular complexity index is 497. The first kappa shape index (κ1) is 10.7. The van der Waals surface area contributed by atoms with Crippen LogP contribution < -0.4 is 0 Å². The van der Waals surface area contributed by atoms with Gasteiger partial charge in [0.05, 0.1) is 17.4 Å². The second kappa shape index (κ2) is 4.47. The molecule has 1 aliphatic rings. The second-order valence-corrected chi connectivity index (χ2v) is 4.83. The summed E-state index contributed by atoms with van der Waals surface area (Å²) in [7, 11) is 2.19. The topological polar surface area (TPSA) is 35.2 Å². The molecule has 0 bridgehead atoms. The number of nitrogens with zero attached hydrogens (tertiary/aromatic N) is 3. The summed E-state index contributed by atoms with van der Waals surface area (Å²) in [6.07, 6.45) is 1.75. The number of likely N-dealkylation sites (N-methyl/N-ethyl adjacent to an activating group) is 1. The van der Waals surface area contributed by atoms with E-state index in [2.05, 4.69) is 45.0 Å². The Morgan fingerprint density at radius 2 is 2.06 bits per heavy atom. The molecule has 1 saturated heterocycles. The Morgan fingerprint density at radius 1 is 1.24 bits per heavy atom. The average molecular weight is 230 g/mol. The molecule has 2 aromatic rings. The van der Waals surface area contributed by atoms with Crippen LogP contribution in [0, 0.1) is 0 Å². The Hall–Kier alpha value is -1.39. The first-order chi connectivity index (χ1) is 8.31. The molecule has 0 saturated carbocycles. The lowest BCUT2D eigenvalue weighted by atomic mass is 10.1. The number of nitrogens with one attached hydrogen (secondary N) is 1. The van der Waals surface area contributed by atoms with Crippen molar-refractivity contribution in [3.8, 4) is 0 Å². The lowest BCUT2D eigenvalue weighted by Gasteiger charge is -2.32. The molecule has 1 aliphatic heterocycles. The molecular weight excluding hydrogens is 212 g/mol. The fourth-order valence-corrected chi connectivity index (χ4v) is 2.35. The van der Waals surface area contributed by atoms with Gasteiger partial charge < -0.3 is 9.88 Å². The van der Waals surface area contributed by atoms with Gasteiger partial charge in [-0.1, -0.05) is 6.07 Å². The monoisotopic (exact) mass is 230 g/mol. The fraction of sp³-hybridized carbons (Fsp3) is 0.462. The second-order valence-electron chi connectivity index (χ2n) is 4.83. The van der Waals surface area contributed by atoms with Crippen LogP contribution in [0.3, 0.4) is 0 Å². The SMILES string of the molecule is CN1CCN(Cc2ccc3nc[nH]c3c2)CC1. The summed E-state index contributed by atoms with van der Waals surface area (Å²) in [5, 5.41) is 0. The number of benzene rings is 1. The van der Waals surface area contributed by atoms with Crippen molar-refractivity contribution in [2.24, 2.45) is 0 Å². The van der Waals surface area contributed by atoms with E-state index in [0.717, 1.165) is 30.7 Å². The zero-order valence-electron chi connectivity index (χ0n) is 10.2. The molecule has 1 aromatic carbocycles. The van der Waals surface area contributed by atoms with Gasteiger partial charge in [0.15, 0.2) is 0 Å². The lowest BCUT2D eigenvalue weighted by Crippen LogP contribution is -2.43. The summed E-state index contributed by atoms with van der Waals surface area (Å²) >= 11 is 0. The number of piperazine rings is 1. The fourth-order valence-electron chi connectivity index (χ4n) is 2.35. The highest BCUT2D eigenvalue weighted by atomic mass is 15.2. The van der Waals surface area contributed by atoms with Crippen LogP contribution in [-0.2, 0) is 6.54 Å². The zero-order chi connectivity index (χ0) is 11.7. The number of fused-ring (bicyclic) bond motifs is 1. The highest BCUT2D eigenvalue weighted by molar-refractivity contribution is 5.74. The van der Waals surface area contributed by atoms with Crippen molar-refractivity contribution < 1.29 is 0 Å². The Labute approximate surface area is 101 Å². The summed E-state index contributed by atoms with van der Waals surface area (Å²) < 4.78 is 0. The van der Waals surface area contributed by atoms with Crippen molar-refractivity contribution in [2.45, 2.75) is 6.54 Å². The van der Waals surface area contributed by atoms with Crippen molar-refractivity contribution >= 4 is 11.0 Å². The van der Waals surface area contributed by atoms with Crippen LogP contribution >= 0.6 is 0 Å². The molecule has 17 heavy (non-hydrogen) atoms. The maximum atomic E-state index is 4.24. The third-order valence-electron chi connectivity index (χ3n) is 3.49. The predicted molar refractivity (Wildman–Crippen MR) is 68.9 cm³/mol. The number of H-pyrrole nitrogens is 1. The molecule has 0 amide bonds. The Kier molecular flexibility index (Phi) is 2.82. The average Bonchev–Trinajstić information content (AvgIpc) is 2.79. The molecule has 4 heteroatoms. The van der Waals surface area contributed by atoms with Gasteiger partial charge in [-0.05, 0) is 24.7 Å². The molecule has 1 aromatic heterocycles. The first-order valence-electron chi connectivity index (χ1n) is 6.14. The van der Waals surface area contributed by atoms with Crippen LogP contribution in [0.5, 0.6) is 0 Å². The van der Waals surface area contributed by atoms with Crippen molar-refractivity contribution in [3.05, 3.63) is 30.1 Å². The molecule has 4 nitrogen and oxygen atoms in total. The molecule has 1 fully saturated rings. The smallest absolute Gasteiger partial charge is 0.0931 e. The van der Waals surface area contributed by atoms with E-state index in [9.17, 15) is 0 Å². The van der Waals surface area contributed by atoms with Gasteiger partial charge in [0.25, 0.3) is 0 Å². The minimum absolute atomic E-state index is 1.04. The van der Waals surface area contributed by atoms with Gasteiger partial charge in [-0.2, -0.15) is 0 Å². The van der Waals surface area contributed by atoms with E-state index in [-0.39, 0.29) is 0 Å². The summed E-state index contributed by atoms with van der Waals surface area (Å²) in [4.78, 5) is 12.3. The quantitative estimate of drug-likeness (QED) is 0.845.